The molecule has 21 heavy (non-hydrogen) atoms. The van der Waals surface area contributed by atoms with E-state index in [-0.39, 0.29) is 22.2 Å². The van der Waals surface area contributed by atoms with Crippen molar-refractivity contribution < 1.29 is 23.1 Å². The van der Waals surface area contributed by atoms with E-state index in [1.807, 2.05) is 0 Å². The zero-order valence-corrected chi connectivity index (χ0v) is 13.0. The van der Waals surface area contributed by atoms with Crippen molar-refractivity contribution in [2.75, 3.05) is 13.6 Å². The normalized spacial score (nSPS) is 20.1. The zero-order valence-electron chi connectivity index (χ0n) is 11.4. The summed E-state index contributed by atoms with van der Waals surface area (Å²) in [5.41, 5.74) is 0. The van der Waals surface area contributed by atoms with Gasteiger partial charge in [-0.25, -0.2) is 13.2 Å². The van der Waals surface area contributed by atoms with Crippen LogP contribution in [0.5, 0.6) is 0 Å². The lowest BCUT2D eigenvalue weighted by molar-refractivity contribution is -0.125. The van der Waals surface area contributed by atoms with E-state index < -0.39 is 22.0 Å². The van der Waals surface area contributed by atoms with Gasteiger partial charge in [0.2, 0.25) is 15.9 Å². The molecule has 1 aliphatic rings. The molecule has 0 saturated carbocycles. The fourth-order valence-corrected chi connectivity index (χ4v) is 5.08. The topological polar surface area (TPSA) is 104 Å². The Labute approximate surface area is 126 Å². The van der Waals surface area contributed by atoms with Crippen molar-refractivity contribution in [3.8, 4) is 0 Å². The lowest BCUT2D eigenvalue weighted by Gasteiger charge is -2.33. The molecule has 2 N–H and O–H groups in total. The molecule has 1 atom stereocenters. The summed E-state index contributed by atoms with van der Waals surface area (Å²) in [5.74, 6) is -1.50. The second kappa shape index (κ2) is 6.12. The van der Waals surface area contributed by atoms with Gasteiger partial charge in [-0.2, -0.15) is 4.31 Å². The second-order valence-corrected chi connectivity index (χ2v) is 7.50. The number of piperidine rings is 1. The number of hydrogen-bond acceptors (Lipinski definition) is 5. The van der Waals surface area contributed by atoms with Gasteiger partial charge in [0.05, 0.1) is 4.90 Å². The van der Waals surface area contributed by atoms with Crippen LogP contribution < -0.4 is 5.32 Å². The first-order chi connectivity index (χ1) is 9.87. The van der Waals surface area contributed by atoms with Gasteiger partial charge in [-0.1, -0.05) is 6.42 Å². The molecule has 2 rings (SSSR count). The first kappa shape index (κ1) is 15.9. The van der Waals surface area contributed by atoms with Crippen molar-refractivity contribution in [1.82, 2.24) is 9.62 Å². The molecule has 0 spiro atoms. The zero-order chi connectivity index (χ0) is 15.6. The smallest absolute Gasteiger partial charge is 0.345 e. The molecule has 1 fully saturated rings. The van der Waals surface area contributed by atoms with Crippen LogP contribution in [0.2, 0.25) is 0 Å². The third-order valence-electron chi connectivity index (χ3n) is 3.40. The van der Waals surface area contributed by atoms with Crippen LogP contribution in [-0.2, 0) is 14.8 Å². The molecule has 1 aliphatic heterocycles. The molecule has 0 radical (unpaired) electrons. The van der Waals surface area contributed by atoms with Crippen LogP contribution in [0.1, 0.15) is 28.9 Å². The van der Waals surface area contributed by atoms with Gasteiger partial charge in [0.25, 0.3) is 0 Å². The molecule has 1 unspecified atom stereocenters. The number of nitrogens with zero attached hydrogens (tertiary/aromatic N) is 1. The van der Waals surface area contributed by atoms with Gasteiger partial charge in [-0.3, -0.25) is 4.79 Å². The van der Waals surface area contributed by atoms with Crippen molar-refractivity contribution in [3.05, 3.63) is 16.3 Å². The van der Waals surface area contributed by atoms with E-state index in [2.05, 4.69) is 5.32 Å². The summed E-state index contributed by atoms with van der Waals surface area (Å²) in [4.78, 5) is 22.6. The summed E-state index contributed by atoms with van der Waals surface area (Å²) in [5, 5.41) is 12.7. The monoisotopic (exact) mass is 332 g/mol. The molecular weight excluding hydrogens is 316 g/mol. The van der Waals surface area contributed by atoms with E-state index in [0.717, 1.165) is 23.8 Å². The van der Waals surface area contributed by atoms with Crippen LogP contribution in [-0.4, -0.2) is 49.3 Å². The standard InChI is InChI=1S/C12H16N2O5S2/c1-13-11(15)9-4-2-3-5-14(9)21(18,19)8-6-10(12(16)17)20-7-8/h6-7,9H,2-5H2,1H3,(H,13,15)(H,16,17). The number of hydrogen-bond donors (Lipinski definition) is 2. The SMILES string of the molecule is CNC(=O)C1CCCCN1S(=O)(=O)c1csc(C(=O)O)c1. The Morgan fingerprint density at radius 2 is 2.14 bits per heavy atom. The number of thiophene rings is 1. The van der Waals surface area contributed by atoms with Gasteiger partial charge in [0.1, 0.15) is 10.9 Å². The largest absolute Gasteiger partial charge is 0.477 e. The molecular formula is C12H16N2O5S2. The van der Waals surface area contributed by atoms with E-state index in [9.17, 15) is 18.0 Å². The molecule has 0 bridgehead atoms. The number of nitrogens with one attached hydrogen (secondary N) is 1. The maximum atomic E-state index is 12.6. The molecule has 1 amide bonds. The molecule has 2 heterocycles. The molecule has 7 nitrogen and oxygen atoms in total. The van der Waals surface area contributed by atoms with E-state index in [0.29, 0.717) is 12.8 Å². The predicted octanol–water partition coefficient (Wildman–Crippen LogP) is 0.735. The number of rotatable bonds is 4. The number of likely N-dealkylation sites (N-methyl/N-ethyl adjacent to an activating group) is 1. The Bertz CT molecular complexity index is 652. The van der Waals surface area contributed by atoms with Crippen molar-refractivity contribution in [2.45, 2.75) is 30.2 Å². The minimum Gasteiger partial charge on any atom is -0.477 e. The van der Waals surface area contributed by atoms with Crippen LogP contribution in [0.4, 0.5) is 0 Å². The summed E-state index contributed by atoms with van der Waals surface area (Å²) >= 11 is 0.858. The highest BCUT2D eigenvalue weighted by molar-refractivity contribution is 7.89. The minimum absolute atomic E-state index is 0.0397. The van der Waals surface area contributed by atoms with Crippen molar-refractivity contribution >= 4 is 33.2 Å². The maximum absolute atomic E-state index is 12.6. The first-order valence-corrected chi connectivity index (χ1v) is 8.75. The fraction of sp³-hybridized carbons (Fsp3) is 0.500. The van der Waals surface area contributed by atoms with Crippen LogP contribution in [0.3, 0.4) is 0 Å². The predicted molar refractivity (Wildman–Crippen MR) is 76.9 cm³/mol. The van der Waals surface area contributed by atoms with Crippen LogP contribution in [0.15, 0.2) is 16.3 Å². The summed E-state index contributed by atoms with van der Waals surface area (Å²) in [6.45, 7) is 0.263. The number of carbonyl (C=O) groups is 2. The van der Waals surface area contributed by atoms with Crippen LogP contribution in [0.25, 0.3) is 0 Å². The summed E-state index contributed by atoms with van der Waals surface area (Å²) < 4.78 is 26.4. The van der Waals surface area contributed by atoms with Gasteiger partial charge in [-0.05, 0) is 18.9 Å². The van der Waals surface area contributed by atoms with Crippen molar-refractivity contribution in [1.29, 1.82) is 0 Å². The van der Waals surface area contributed by atoms with Gasteiger partial charge < -0.3 is 10.4 Å². The lowest BCUT2D eigenvalue weighted by Crippen LogP contribution is -2.51. The highest BCUT2D eigenvalue weighted by Crippen LogP contribution is 2.28. The average Bonchev–Trinajstić information content (AvgIpc) is 2.97. The Kier molecular flexibility index (Phi) is 4.64. The number of carboxylic acid groups (broad SMARTS) is 1. The molecule has 0 aromatic carbocycles. The number of carbonyl (C=O) groups excluding carboxylic acids is 1. The van der Waals surface area contributed by atoms with Gasteiger partial charge in [-0.15, -0.1) is 11.3 Å². The highest BCUT2D eigenvalue weighted by atomic mass is 32.2. The van der Waals surface area contributed by atoms with Crippen LogP contribution >= 0.6 is 11.3 Å². The van der Waals surface area contributed by atoms with Gasteiger partial charge in [0.15, 0.2) is 0 Å². The van der Waals surface area contributed by atoms with E-state index in [4.69, 9.17) is 5.11 Å². The first-order valence-electron chi connectivity index (χ1n) is 6.43. The summed E-state index contributed by atoms with van der Waals surface area (Å²) in [7, 11) is -2.39. The summed E-state index contributed by atoms with van der Waals surface area (Å²) in [6, 6.07) is 0.402. The molecule has 1 aromatic heterocycles. The number of aromatic carboxylic acids is 1. The minimum atomic E-state index is -3.86. The summed E-state index contributed by atoms with van der Waals surface area (Å²) in [6.07, 6.45) is 1.94. The Morgan fingerprint density at radius 1 is 1.43 bits per heavy atom. The van der Waals surface area contributed by atoms with E-state index in [1.54, 1.807) is 0 Å². The number of sulfonamides is 1. The molecule has 9 heteroatoms. The van der Waals surface area contributed by atoms with E-state index >= 15 is 0 Å². The quantitative estimate of drug-likeness (QED) is 0.846. The van der Waals surface area contributed by atoms with Crippen molar-refractivity contribution in [3.63, 3.8) is 0 Å². The third kappa shape index (κ3) is 3.09. The second-order valence-electron chi connectivity index (χ2n) is 4.69. The number of amides is 1. The molecule has 116 valence electrons. The number of carboxylic acids is 1. The fourth-order valence-electron chi connectivity index (χ4n) is 2.32. The molecule has 1 aromatic rings. The van der Waals surface area contributed by atoms with E-state index in [1.165, 1.54) is 16.7 Å². The Balaban J connectivity index is 2.35. The molecule has 0 aliphatic carbocycles. The van der Waals surface area contributed by atoms with Gasteiger partial charge in [0, 0.05) is 19.0 Å². The Hall–Kier alpha value is -1.45. The highest BCUT2D eigenvalue weighted by Gasteiger charge is 2.37. The average molecular weight is 332 g/mol. The van der Waals surface area contributed by atoms with Crippen molar-refractivity contribution in [2.24, 2.45) is 0 Å². The van der Waals surface area contributed by atoms with Crippen LogP contribution in [0, 0.1) is 0 Å². The lowest BCUT2D eigenvalue weighted by atomic mass is 10.0. The van der Waals surface area contributed by atoms with Gasteiger partial charge >= 0.3 is 5.97 Å². The Morgan fingerprint density at radius 3 is 2.71 bits per heavy atom. The molecule has 1 saturated heterocycles. The maximum Gasteiger partial charge on any atom is 0.345 e. The third-order valence-corrected chi connectivity index (χ3v) is 6.35.